The van der Waals surface area contributed by atoms with Crippen molar-refractivity contribution in [2.75, 3.05) is 13.2 Å². The van der Waals surface area contributed by atoms with E-state index in [1.807, 2.05) is 13.8 Å². The zero-order valence-corrected chi connectivity index (χ0v) is 10.0. The van der Waals surface area contributed by atoms with Crippen LogP contribution in [-0.4, -0.2) is 24.8 Å². The molecule has 0 radical (unpaired) electrons. The summed E-state index contributed by atoms with van der Waals surface area (Å²) in [6, 6.07) is 0. The fourth-order valence-electron chi connectivity index (χ4n) is 2.37. The average Bonchev–Trinajstić information content (AvgIpc) is 2.68. The summed E-state index contributed by atoms with van der Waals surface area (Å²) in [4.78, 5) is 11.9. The van der Waals surface area contributed by atoms with Gasteiger partial charge < -0.3 is 9.47 Å². The first-order valence-electron chi connectivity index (χ1n) is 6.00. The van der Waals surface area contributed by atoms with Crippen molar-refractivity contribution in [2.24, 2.45) is 5.92 Å². The molecule has 1 atom stereocenters. The molecule has 1 aliphatic heterocycles. The van der Waals surface area contributed by atoms with Crippen molar-refractivity contribution in [3.8, 4) is 0 Å². The van der Waals surface area contributed by atoms with Crippen LogP contribution < -0.4 is 0 Å². The van der Waals surface area contributed by atoms with Crippen molar-refractivity contribution in [1.29, 1.82) is 0 Å². The van der Waals surface area contributed by atoms with Gasteiger partial charge in [0, 0.05) is 12.8 Å². The number of Topliss-reactive ketones (excluding diaryl/α,β-unsaturated/α-hetero) is 1. The molecule has 0 aromatic rings. The van der Waals surface area contributed by atoms with E-state index in [1.165, 1.54) is 0 Å². The Balaban J connectivity index is 2.80. The van der Waals surface area contributed by atoms with Gasteiger partial charge in [0.25, 0.3) is 0 Å². The lowest BCUT2D eigenvalue weighted by atomic mass is 9.87. The molecule has 0 aromatic heterocycles. The summed E-state index contributed by atoms with van der Waals surface area (Å²) >= 11 is 0. The van der Waals surface area contributed by atoms with Gasteiger partial charge in [0.05, 0.1) is 19.1 Å². The lowest BCUT2D eigenvalue weighted by Crippen LogP contribution is -2.43. The molecule has 1 fully saturated rings. The highest BCUT2D eigenvalue weighted by Crippen LogP contribution is 2.35. The zero-order valence-electron chi connectivity index (χ0n) is 10.0. The maximum atomic E-state index is 11.9. The number of ether oxygens (including phenoxy) is 2. The molecular formula is C12H22O3. The predicted molar refractivity (Wildman–Crippen MR) is 58.6 cm³/mol. The molecule has 1 heterocycles. The van der Waals surface area contributed by atoms with Crippen LogP contribution in [0.2, 0.25) is 0 Å². The quantitative estimate of drug-likeness (QED) is 0.681. The molecule has 0 saturated carbocycles. The lowest BCUT2D eigenvalue weighted by Gasteiger charge is -2.34. The fourth-order valence-corrected chi connectivity index (χ4v) is 2.37. The number of carbonyl (C=O) groups excluding carboxylic acids is 1. The average molecular weight is 214 g/mol. The van der Waals surface area contributed by atoms with Gasteiger partial charge in [-0.3, -0.25) is 4.79 Å². The second-order valence-corrected chi connectivity index (χ2v) is 4.04. The molecule has 1 aliphatic rings. The monoisotopic (exact) mass is 214 g/mol. The van der Waals surface area contributed by atoms with E-state index >= 15 is 0 Å². The van der Waals surface area contributed by atoms with E-state index in [2.05, 4.69) is 6.92 Å². The fraction of sp³-hybridized carbons (Fsp3) is 0.917. The third-order valence-electron chi connectivity index (χ3n) is 3.05. The van der Waals surface area contributed by atoms with Gasteiger partial charge >= 0.3 is 0 Å². The number of hydrogen-bond acceptors (Lipinski definition) is 3. The summed E-state index contributed by atoms with van der Waals surface area (Å²) in [5, 5.41) is 0. The van der Waals surface area contributed by atoms with Crippen molar-refractivity contribution < 1.29 is 14.3 Å². The third kappa shape index (κ3) is 2.58. The highest BCUT2D eigenvalue weighted by atomic mass is 16.7. The third-order valence-corrected chi connectivity index (χ3v) is 3.05. The summed E-state index contributed by atoms with van der Waals surface area (Å²) in [5.74, 6) is -0.450. The highest BCUT2D eigenvalue weighted by Gasteiger charge is 2.45. The van der Waals surface area contributed by atoms with Crippen molar-refractivity contribution in [3.05, 3.63) is 0 Å². The van der Waals surface area contributed by atoms with Crippen LogP contribution in [0.4, 0.5) is 0 Å². The van der Waals surface area contributed by atoms with Gasteiger partial charge in [-0.25, -0.2) is 0 Å². The van der Waals surface area contributed by atoms with Crippen LogP contribution in [0.5, 0.6) is 0 Å². The molecule has 3 nitrogen and oxygen atoms in total. The van der Waals surface area contributed by atoms with E-state index < -0.39 is 5.79 Å². The Bertz CT molecular complexity index is 207. The van der Waals surface area contributed by atoms with Crippen LogP contribution in [0.1, 0.15) is 46.5 Å². The van der Waals surface area contributed by atoms with E-state index in [4.69, 9.17) is 9.47 Å². The first-order chi connectivity index (χ1) is 7.20. The number of carbonyl (C=O) groups is 1. The minimum absolute atomic E-state index is 0.0926. The van der Waals surface area contributed by atoms with E-state index in [9.17, 15) is 4.79 Å². The summed E-state index contributed by atoms with van der Waals surface area (Å²) in [6.45, 7) is 7.26. The first-order valence-corrected chi connectivity index (χ1v) is 6.00. The molecule has 0 N–H and O–H groups in total. The Morgan fingerprint density at radius 1 is 1.27 bits per heavy atom. The van der Waals surface area contributed by atoms with Gasteiger partial charge in [0.1, 0.15) is 5.78 Å². The van der Waals surface area contributed by atoms with Crippen LogP contribution in [-0.2, 0) is 14.3 Å². The maximum Gasteiger partial charge on any atom is 0.178 e. The van der Waals surface area contributed by atoms with Gasteiger partial charge in [0.2, 0.25) is 0 Å². The molecular weight excluding hydrogens is 192 g/mol. The lowest BCUT2D eigenvalue weighted by molar-refractivity contribution is -0.201. The van der Waals surface area contributed by atoms with Crippen molar-refractivity contribution in [2.45, 2.75) is 52.2 Å². The molecule has 0 spiro atoms. The van der Waals surface area contributed by atoms with Crippen LogP contribution in [0.3, 0.4) is 0 Å². The molecule has 3 heteroatoms. The topological polar surface area (TPSA) is 35.5 Å². The summed E-state index contributed by atoms with van der Waals surface area (Å²) < 4.78 is 11.4. The highest BCUT2D eigenvalue weighted by molar-refractivity contribution is 5.81. The smallest absolute Gasteiger partial charge is 0.178 e. The zero-order chi connectivity index (χ0) is 11.3. The second kappa shape index (κ2) is 5.61. The Morgan fingerprint density at radius 3 is 2.27 bits per heavy atom. The van der Waals surface area contributed by atoms with Crippen molar-refractivity contribution in [3.63, 3.8) is 0 Å². The maximum absolute atomic E-state index is 11.9. The number of ketones is 1. The largest absolute Gasteiger partial charge is 0.347 e. The Labute approximate surface area is 92.1 Å². The predicted octanol–water partition coefficient (Wildman–Crippen LogP) is 2.53. The second-order valence-electron chi connectivity index (χ2n) is 4.04. The van der Waals surface area contributed by atoms with E-state index in [-0.39, 0.29) is 11.7 Å². The molecule has 88 valence electrons. The van der Waals surface area contributed by atoms with Crippen LogP contribution in [0, 0.1) is 5.92 Å². The SMILES string of the molecule is CCCC1(C(CC)C(=O)CC)OCCO1. The van der Waals surface area contributed by atoms with Gasteiger partial charge in [-0.2, -0.15) is 0 Å². The van der Waals surface area contributed by atoms with E-state index in [1.54, 1.807) is 0 Å². The molecule has 0 aliphatic carbocycles. The number of rotatable bonds is 6. The van der Waals surface area contributed by atoms with E-state index in [0.29, 0.717) is 19.6 Å². The van der Waals surface area contributed by atoms with Crippen LogP contribution in [0.15, 0.2) is 0 Å². The molecule has 0 bridgehead atoms. The van der Waals surface area contributed by atoms with Gasteiger partial charge in [-0.05, 0) is 6.42 Å². The minimum atomic E-state index is -0.614. The van der Waals surface area contributed by atoms with Crippen molar-refractivity contribution in [1.82, 2.24) is 0 Å². The molecule has 1 rings (SSSR count). The minimum Gasteiger partial charge on any atom is -0.347 e. The van der Waals surface area contributed by atoms with Crippen LogP contribution >= 0.6 is 0 Å². The van der Waals surface area contributed by atoms with Gasteiger partial charge in [-0.1, -0.05) is 27.2 Å². The Kier molecular flexibility index (Phi) is 4.74. The number of hydrogen-bond donors (Lipinski definition) is 0. The Morgan fingerprint density at radius 2 is 1.87 bits per heavy atom. The normalized spacial score (nSPS) is 21.5. The van der Waals surface area contributed by atoms with Gasteiger partial charge in [-0.15, -0.1) is 0 Å². The van der Waals surface area contributed by atoms with Crippen molar-refractivity contribution >= 4 is 5.78 Å². The standard InChI is InChI=1S/C12H22O3/c1-4-7-12(14-8-9-15-12)10(5-2)11(13)6-3/h10H,4-9H2,1-3H3. The Hall–Kier alpha value is -0.410. The summed E-state index contributed by atoms with van der Waals surface area (Å²) in [7, 11) is 0. The van der Waals surface area contributed by atoms with E-state index in [0.717, 1.165) is 19.3 Å². The molecule has 1 unspecified atom stereocenters. The molecule has 0 amide bonds. The molecule has 0 aromatic carbocycles. The summed E-state index contributed by atoms with van der Waals surface area (Å²) in [6.07, 6.45) is 3.16. The first kappa shape index (κ1) is 12.7. The summed E-state index contributed by atoms with van der Waals surface area (Å²) in [5.41, 5.74) is 0. The molecule has 15 heavy (non-hydrogen) atoms. The van der Waals surface area contributed by atoms with Gasteiger partial charge in [0.15, 0.2) is 5.79 Å². The molecule has 1 saturated heterocycles. The van der Waals surface area contributed by atoms with Crippen LogP contribution in [0.25, 0.3) is 0 Å².